The van der Waals surface area contributed by atoms with E-state index in [1.807, 2.05) is 24.3 Å². The molecule has 2 nitrogen and oxygen atoms in total. The Bertz CT molecular complexity index is 929. The van der Waals surface area contributed by atoms with Crippen LogP contribution >= 0.6 is 0 Å². The standard InChI is InChI=1S/C38H62O2/c1-5-7-9-11-13-15-16-17-19-21-23-27-33-32(26-22-20-18-14-12-10-8-6-2)30-31-36(40)37(33)38(3,4)34-28-24-25-29-35(34)39/h24-25,28-31,39-40H,5-23,26-27H2,1-4H3. The summed E-state index contributed by atoms with van der Waals surface area (Å²) in [5.41, 5.74) is 4.15. The van der Waals surface area contributed by atoms with Crippen molar-refractivity contribution in [2.45, 2.75) is 168 Å². The monoisotopic (exact) mass is 550 g/mol. The maximum Gasteiger partial charge on any atom is 0.119 e. The first-order chi connectivity index (χ1) is 19.4. The molecule has 0 aliphatic heterocycles. The third kappa shape index (κ3) is 11.9. The van der Waals surface area contributed by atoms with Crippen molar-refractivity contribution in [3.05, 3.63) is 58.7 Å². The van der Waals surface area contributed by atoms with Gasteiger partial charge in [0.05, 0.1) is 0 Å². The minimum Gasteiger partial charge on any atom is -0.508 e. The van der Waals surface area contributed by atoms with E-state index in [1.54, 1.807) is 6.07 Å². The summed E-state index contributed by atoms with van der Waals surface area (Å²) in [6.45, 7) is 8.87. The van der Waals surface area contributed by atoms with Gasteiger partial charge in [0.15, 0.2) is 0 Å². The number of para-hydroxylation sites is 1. The first-order valence-electron chi connectivity index (χ1n) is 17.1. The predicted octanol–water partition coefficient (Wildman–Crippen LogP) is 12.0. The van der Waals surface area contributed by atoms with Crippen molar-refractivity contribution in [2.75, 3.05) is 0 Å². The molecule has 2 rings (SSSR count). The lowest BCUT2D eigenvalue weighted by Gasteiger charge is -2.31. The number of hydrogen-bond acceptors (Lipinski definition) is 2. The van der Waals surface area contributed by atoms with Crippen LogP contribution in [0.15, 0.2) is 36.4 Å². The zero-order valence-corrected chi connectivity index (χ0v) is 26.7. The van der Waals surface area contributed by atoms with Gasteiger partial charge in [-0.05, 0) is 48.9 Å². The Kier molecular flexibility index (Phi) is 17.1. The summed E-state index contributed by atoms with van der Waals surface area (Å²) in [5.74, 6) is 0.673. The van der Waals surface area contributed by atoms with Crippen molar-refractivity contribution >= 4 is 0 Å². The van der Waals surface area contributed by atoms with Crippen molar-refractivity contribution in [1.82, 2.24) is 0 Å². The van der Waals surface area contributed by atoms with E-state index in [9.17, 15) is 10.2 Å². The highest BCUT2D eigenvalue weighted by Crippen LogP contribution is 2.44. The van der Waals surface area contributed by atoms with Crippen LogP contribution in [0.2, 0.25) is 0 Å². The lowest BCUT2D eigenvalue weighted by Crippen LogP contribution is -2.22. The van der Waals surface area contributed by atoms with Crippen LogP contribution in [-0.2, 0) is 18.3 Å². The number of aryl methyl sites for hydroxylation is 1. The van der Waals surface area contributed by atoms with E-state index in [4.69, 9.17) is 0 Å². The van der Waals surface area contributed by atoms with Crippen LogP contribution in [0.1, 0.15) is 172 Å². The Labute approximate surface area is 248 Å². The molecule has 0 atom stereocenters. The van der Waals surface area contributed by atoms with Gasteiger partial charge >= 0.3 is 0 Å². The summed E-state index contributed by atoms with van der Waals surface area (Å²) >= 11 is 0. The molecule has 0 radical (unpaired) electrons. The Morgan fingerprint density at radius 2 is 0.950 bits per heavy atom. The molecule has 0 heterocycles. The molecule has 40 heavy (non-hydrogen) atoms. The molecule has 2 aromatic rings. The fourth-order valence-corrected chi connectivity index (χ4v) is 6.45. The lowest BCUT2D eigenvalue weighted by molar-refractivity contribution is 0.432. The van der Waals surface area contributed by atoms with Crippen molar-refractivity contribution in [2.24, 2.45) is 0 Å². The number of rotatable bonds is 23. The maximum absolute atomic E-state index is 11.2. The number of phenols is 2. The SMILES string of the molecule is CCCCCCCCCCCCCc1c(CCCCCCCCCC)ccc(O)c1C(C)(C)c1ccccc1O. The van der Waals surface area contributed by atoms with E-state index in [1.165, 1.54) is 127 Å². The second-order valence-electron chi connectivity index (χ2n) is 12.7. The van der Waals surface area contributed by atoms with Crippen LogP contribution < -0.4 is 0 Å². The quantitative estimate of drug-likeness (QED) is 0.135. The molecule has 0 aliphatic carbocycles. The predicted molar refractivity (Wildman–Crippen MR) is 175 cm³/mol. The molecule has 226 valence electrons. The van der Waals surface area contributed by atoms with Gasteiger partial charge in [-0.15, -0.1) is 0 Å². The van der Waals surface area contributed by atoms with Gasteiger partial charge in [0.25, 0.3) is 0 Å². The third-order valence-corrected chi connectivity index (χ3v) is 8.92. The van der Waals surface area contributed by atoms with Crippen LogP contribution in [0.4, 0.5) is 0 Å². The zero-order valence-electron chi connectivity index (χ0n) is 26.7. The lowest BCUT2D eigenvalue weighted by atomic mass is 9.73. The molecule has 0 aliphatic rings. The molecular weight excluding hydrogens is 488 g/mol. The van der Waals surface area contributed by atoms with Crippen molar-refractivity contribution < 1.29 is 10.2 Å². The molecule has 0 saturated heterocycles. The molecule has 2 aromatic carbocycles. The summed E-state index contributed by atoms with van der Waals surface area (Å²) in [7, 11) is 0. The number of hydrogen-bond donors (Lipinski definition) is 2. The van der Waals surface area contributed by atoms with Crippen LogP contribution in [0.25, 0.3) is 0 Å². The highest BCUT2D eigenvalue weighted by atomic mass is 16.3. The van der Waals surface area contributed by atoms with Crippen molar-refractivity contribution in [3.63, 3.8) is 0 Å². The van der Waals surface area contributed by atoms with Crippen LogP contribution in [0.3, 0.4) is 0 Å². The molecule has 0 amide bonds. The molecule has 0 spiro atoms. The zero-order chi connectivity index (χ0) is 29.1. The molecule has 2 N–H and O–H groups in total. The van der Waals surface area contributed by atoms with Gasteiger partial charge in [-0.3, -0.25) is 0 Å². The third-order valence-electron chi connectivity index (χ3n) is 8.92. The normalized spacial score (nSPS) is 11.8. The van der Waals surface area contributed by atoms with E-state index in [0.717, 1.165) is 30.4 Å². The number of unbranched alkanes of at least 4 members (excludes halogenated alkanes) is 17. The minimum absolute atomic E-state index is 0.307. The summed E-state index contributed by atoms with van der Waals surface area (Å²) < 4.78 is 0. The summed E-state index contributed by atoms with van der Waals surface area (Å²) in [6, 6.07) is 11.7. The summed E-state index contributed by atoms with van der Waals surface area (Å²) in [6.07, 6.45) is 27.4. The summed E-state index contributed by atoms with van der Waals surface area (Å²) in [4.78, 5) is 0. The van der Waals surface area contributed by atoms with Crippen molar-refractivity contribution in [1.29, 1.82) is 0 Å². The highest BCUT2D eigenvalue weighted by Gasteiger charge is 2.32. The van der Waals surface area contributed by atoms with E-state index in [0.29, 0.717) is 11.5 Å². The average molecular weight is 551 g/mol. The van der Waals surface area contributed by atoms with Crippen LogP contribution in [0.5, 0.6) is 11.5 Å². The second kappa shape index (κ2) is 20.0. The largest absolute Gasteiger partial charge is 0.508 e. The van der Waals surface area contributed by atoms with Crippen LogP contribution in [-0.4, -0.2) is 10.2 Å². The van der Waals surface area contributed by atoms with E-state index in [2.05, 4.69) is 33.8 Å². The van der Waals surface area contributed by atoms with Crippen molar-refractivity contribution in [3.8, 4) is 11.5 Å². The average Bonchev–Trinajstić information content (AvgIpc) is 2.94. The molecule has 0 fully saturated rings. The number of aromatic hydroxyl groups is 2. The van der Waals surface area contributed by atoms with Gasteiger partial charge in [0.2, 0.25) is 0 Å². The second-order valence-corrected chi connectivity index (χ2v) is 12.7. The van der Waals surface area contributed by atoms with Gasteiger partial charge in [0.1, 0.15) is 11.5 Å². The Morgan fingerprint density at radius 3 is 1.45 bits per heavy atom. The Balaban J connectivity index is 2.04. The molecule has 0 saturated carbocycles. The van der Waals surface area contributed by atoms with Gasteiger partial charge in [-0.25, -0.2) is 0 Å². The van der Waals surface area contributed by atoms with Gasteiger partial charge < -0.3 is 10.2 Å². The smallest absolute Gasteiger partial charge is 0.119 e. The topological polar surface area (TPSA) is 40.5 Å². The fourth-order valence-electron chi connectivity index (χ4n) is 6.45. The first kappa shape index (κ1) is 34.2. The van der Waals surface area contributed by atoms with Gasteiger partial charge in [0, 0.05) is 16.5 Å². The van der Waals surface area contributed by atoms with E-state index in [-0.39, 0.29) is 0 Å². The van der Waals surface area contributed by atoms with Crippen LogP contribution in [0, 0.1) is 0 Å². The summed E-state index contributed by atoms with van der Waals surface area (Å²) in [5, 5.41) is 21.9. The van der Waals surface area contributed by atoms with E-state index >= 15 is 0 Å². The van der Waals surface area contributed by atoms with Gasteiger partial charge in [-0.1, -0.05) is 161 Å². The van der Waals surface area contributed by atoms with E-state index < -0.39 is 5.41 Å². The fraction of sp³-hybridized carbons (Fsp3) is 0.684. The van der Waals surface area contributed by atoms with Gasteiger partial charge in [-0.2, -0.15) is 0 Å². The first-order valence-corrected chi connectivity index (χ1v) is 17.1. The Hall–Kier alpha value is -1.96. The molecular formula is C38H62O2. The Morgan fingerprint density at radius 1 is 0.500 bits per heavy atom. The molecule has 0 bridgehead atoms. The highest BCUT2D eigenvalue weighted by molar-refractivity contribution is 5.55. The number of benzene rings is 2. The molecule has 0 unspecified atom stereocenters. The molecule has 2 heteroatoms. The minimum atomic E-state index is -0.474. The number of phenolic OH excluding ortho intramolecular Hbond substituents is 2. The maximum atomic E-state index is 11.2. The molecule has 0 aromatic heterocycles.